The zero-order valence-electron chi connectivity index (χ0n) is 12.6. The molecule has 0 atom stereocenters. The Balaban J connectivity index is 1.52. The topological polar surface area (TPSA) is 28.2 Å². The van der Waals surface area contributed by atoms with Gasteiger partial charge in [0.1, 0.15) is 0 Å². The summed E-state index contributed by atoms with van der Waals surface area (Å²) in [6, 6.07) is 15.2. The molecule has 3 rings (SSSR count). The fourth-order valence-corrected chi connectivity index (χ4v) is 2.81. The average Bonchev–Trinajstić information content (AvgIpc) is 3.39. The normalized spacial score (nSPS) is 13.6. The van der Waals surface area contributed by atoms with E-state index >= 15 is 0 Å². The predicted molar refractivity (Wildman–Crippen MR) is 93.5 cm³/mol. The molecule has 1 saturated carbocycles. The lowest BCUT2D eigenvalue weighted by Crippen LogP contribution is -2.41. The van der Waals surface area contributed by atoms with Crippen molar-refractivity contribution in [3.8, 4) is 0 Å². The second kappa shape index (κ2) is 7.36. The summed E-state index contributed by atoms with van der Waals surface area (Å²) in [7, 11) is 0. The number of pyridine rings is 1. The summed E-state index contributed by atoms with van der Waals surface area (Å²) in [6.07, 6.45) is 7.16. The van der Waals surface area contributed by atoms with Crippen LogP contribution in [0, 0.1) is 0 Å². The molecule has 3 nitrogen and oxygen atoms in total. The third-order valence-electron chi connectivity index (χ3n) is 3.88. The highest BCUT2D eigenvalue weighted by molar-refractivity contribution is 7.80. The Hall–Kier alpha value is -1.94. The van der Waals surface area contributed by atoms with Gasteiger partial charge in [0.05, 0.1) is 0 Å². The van der Waals surface area contributed by atoms with Gasteiger partial charge in [-0.2, -0.15) is 0 Å². The molecule has 114 valence electrons. The Morgan fingerprint density at radius 3 is 2.50 bits per heavy atom. The molecule has 0 amide bonds. The highest BCUT2D eigenvalue weighted by Gasteiger charge is 2.30. The van der Waals surface area contributed by atoms with Gasteiger partial charge in [-0.1, -0.05) is 30.3 Å². The fraction of sp³-hybridized carbons (Fsp3) is 0.333. The van der Waals surface area contributed by atoms with Crippen molar-refractivity contribution in [3.63, 3.8) is 0 Å². The number of aromatic nitrogens is 1. The van der Waals surface area contributed by atoms with Gasteiger partial charge in [0.15, 0.2) is 5.11 Å². The first-order valence-electron chi connectivity index (χ1n) is 7.80. The molecule has 0 aliphatic heterocycles. The van der Waals surface area contributed by atoms with E-state index in [4.69, 9.17) is 12.2 Å². The summed E-state index contributed by atoms with van der Waals surface area (Å²) >= 11 is 5.61. The number of rotatable bonds is 6. The molecule has 1 N–H and O–H groups in total. The maximum Gasteiger partial charge on any atom is 0.169 e. The van der Waals surface area contributed by atoms with E-state index in [1.54, 1.807) is 0 Å². The minimum Gasteiger partial charge on any atom is -0.362 e. The van der Waals surface area contributed by atoms with E-state index in [2.05, 4.69) is 51.6 Å². The molecule has 1 heterocycles. The largest absolute Gasteiger partial charge is 0.362 e. The van der Waals surface area contributed by atoms with E-state index in [1.807, 2.05) is 18.5 Å². The van der Waals surface area contributed by atoms with Crippen LogP contribution >= 0.6 is 12.2 Å². The van der Waals surface area contributed by atoms with E-state index < -0.39 is 0 Å². The van der Waals surface area contributed by atoms with Crippen LogP contribution in [0.3, 0.4) is 0 Å². The summed E-state index contributed by atoms with van der Waals surface area (Å²) in [4.78, 5) is 6.39. The van der Waals surface area contributed by atoms with E-state index in [0.29, 0.717) is 6.04 Å². The molecule has 0 radical (unpaired) electrons. The minimum atomic E-state index is 0.602. The Bertz CT molecular complexity index is 596. The number of nitrogens with zero attached hydrogens (tertiary/aromatic N) is 2. The minimum absolute atomic E-state index is 0.602. The number of nitrogens with one attached hydrogen (secondary N) is 1. The molecule has 0 unspecified atom stereocenters. The van der Waals surface area contributed by atoms with Crippen LogP contribution in [0.25, 0.3) is 0 Å². The van der Waals surface area contributed by atoms with Gasteiger partial charge in [-0.15, -0.1) is 0 Å². The molecule has 1 aliphatic carbocycles. The molecule has 2 aromatic rings. The van der Waals surface area contributed by atoms with Gasteiger partial charge in [-0.3, -0.25) is 4.98 Å². The lowest BCUT2D eigenvalue weighted by Gasteiger charge is -2.26. The standard InChI is InChI=1S/C18H21N3S/c22-18(20-13-10-15-4-2-1-3-5-15)21(17-6-7-17)14-16-8-11-19-12-9-16/h1-5,8-9,11-12,17H,6-7,10,13-14H2,(H,20,22). The molecule has 1 aromatic heterocycles. The van der Waals surface area contributed by atoms with Crippen LogP contribution in [-0.4, -0.2) is 27.6 Å². The zero-order valence-corrected chi connectivity index (χ0v) is 13.4. The Kier molecular flexibility index (Phi) is 5.01. The molecular formula is C18H21N3S. The van der Waals surface area contributed by atoms with Gasteiger partial charge in [0.2, 0.25) is 0 Å². The van der Waals surface area contributed by atoms with Crippen LogP contribution in [0.2, 0.25) is 0 Å². The predicted octanol–water partition coefficient (Wildman–Crippen LogP) is 3.16. The van der Waals surface area contributed by atoms with Crippen molar-refractivity contribution < 1.29 is 0 Å². The van der Waals surface area contributed by atoms with Crippen molar-refractivity contribution in [2.45, 2.75) is 31.8 Å². The second-order valence-electron chi connectivity index (χ2n) is 5.68. The average molecular weight is 311 g/mol. The monoisotopic (exact) mass is 311 g/mol. The van der Waals surface area contributed by atoms with Crippen LogP contribution < -0.4 is 5.32 Å². The molecule has 0 saturated heterocycles. The van der Waals surface area contributed by atoms with Crippen molar-refractivity contribution in [2.75, 3.05) is 6.54 Å². The first-order chi connectivity index (χ1) is 10.8. The maximum absolute atomic E-state index is 5.61. The molecule has 1 fully saturated rings. The summed E-state index contributed by atoms with van der Waals surface area (Å²) in [5.74, 6) is 0. The SMILES string of the molecule is S=C(NCCc1ccccc1)N(Cc1ccncc1)C1CC1. The number of thiocarbonyl (C=S) groups is 1. The molecule has 22 heavy (non-hydrogen) atoms. The van der Waals surface area contributed by atoms with Crippen molar-refractivity contribution >= 4 is 17.3 Å². The van der Waals surface area contributed by atoms with Gasteiger partial charge in [0, 0.05) is 31.5 Å². The van der Waals surface area contributed by atoms with E-state index in [-0.39, 0.29) is 0 Å². The van der Waals surface area contributed by atoms with E-state index in [9.17, 15) is 0 Å². The Morgan fingerprint density at radius 1 is 1.09 bits per heavy atom. The van der Waals surface area contributed by atoms with Crippen LogP contribution in [0.1, 0.15) is 24.0 Å². The Labute approximate surface area is 137 Å². The summed E-state index contributed by atoms with van der Waals surface area (Å²) < 4.78 is 0. The first kappa shape index (κ1) is 15.0. The van der Waals surface area contributed by atoms with Crippen molar-refractivity contribution in [1.82, 2.24) is 15.2 Å². The van der Waals surface area contributed by atoms with Crippen molar-refractivity contribution in [1.29, 1.82) is 0 Å². The smallest absolute Gasteiger partial charge is 0.169 e. The lowest BCUT2D eigenvalue weighted by molar-refractivity contribution is 0.396. The highest BCUT2D eigenvalue weighted by Crippen LogP contribution is 2.28. The van der Waals surface area contributed by atoms with Crippen molar-refractivity contribution in [3.05, 3.63) is 66.0 Å². The van der Waals surface area contributed by atoms with E-state index in [1.165, 1.54) is 24.0 Å². The van der Waals surface area contributed by atoms with Gasteiger partial charge in [-0.25, -0.2) is 0 Å². The van der Waals surface area contributed by atoms with Gasteiger partial charge < -0.3 is 10.2 Å². The molecule has 1 aliphatic rings. The summed E-state index contributed by atoms with van der Waals surface area (Å²) in [5.41, 5.74) is 2.60. The third kappa shape index (κ3) is 4.28. The van der Waals surface area contributed by atoms with Crippen molar-refractivity contribution in [2.24, 2.45) is 0 Å². The lowest BCUT2D eigenvalue weighted by atomic mass is 10.1. The molecule has 1 aromatic carbocycles. The summed E-state index contributed by atoms with van der Waals surface area (Å²) in [5, 5.41) is 4.29. The highest BCUT2D eigenvalue weighted by atomic mass is 32.1. The van der Waals surface area contributed by atoms with Gasteiger partial charge in [0.25, 0.3) is 0 Å². The second-order valence-corrected chi connectivity index (χ2v) is 6.07. The van der Waals surface area contributed by atoms with Gasteiger partial charge in [-0.05, 0) is 54.7 Å². The van der Waals surface area contributed by atoms with Crippen LogP contribution in [-0.2, 0) is 13.0 Å². The molecule has 0 bridgehead atoms. The van der Waals surface area contributed by atoms with Crippen LogP contribution in [0.4, 0.5) is 0 Å². The number of benzene rings is 1. The third-order valence-corrected chi connectivity index (χ3v) is 4.26. The van der Waals surface area contributed by atoms with E-state index in [0.717, 1.165) is 24.6 Å². The first-order valence-corrected chi connectivity index (χ1v) is 8.21. The van der Waals surface area contributed by atoms with Gasteiger partial charge >= 0.3 is 0 Å². The number of hydrogen-bond donors (Lipinski definition) is 1. The zero-order chi connectivity index (χ0) is 15.2. The quantitative estimate of drug-likeness (QED) is 0.830. The summed E-state index contributed by atoms with van der Waals surface area (Å²) in [6.45, 7) is 1.74. The molecule has 0 spiro atoms. The Morgan fingerprint density at radius 2 is 1.82 bits per heavy atom. The maximum atomic E-state index is 5.61. The molecule has 4 heteroatoms. The molecular weight excluding hydrogens is 290 g/mol. The van der Waals surface area contributed by atoms with Crippen LogP contribution in [0.5, 0.6) is 0 Å². The fourth-order valence-electron chi connectivity index (χ4n) is 2.50. The number of hydrogen-bond acceptors (Lipinski definition) is 2. The van der Waals surface area contributed by atoms with Crippen LogP contribution in [0.15, 0.2) is 54.9 Å².